The monoisotopic (exact) mass is 145 g/mol. The number of nitrogens with two attached hydrogens (primary N) is 1. The van der Waals surface area contributed by atoms with Crippen molar-refractivity contribution in [1.29, 1.82) is 0 Å². The van der Waals surface area contributed by atoms with Gasteiger partial charge in [0, 0.05) is 0 Å². The molecular formula is C7H16NP. The van der Waals surface area contributed by atoms with Crippen LogP contribution < -0.4 is 5.73 Å². The third-order valence-electron chi connectivity index (χ3n) is 2.19. The molecule has 1 saturated heterocycles. The molecule has 2 atom stereocenters. The molecule has 0 aromatic rings. The zero-order valence-electron chi connectivity index (χ0n) is 6.14. The summed E-state index contributed by atoms with van der Waals surface area (Å²) in [6.45, 7) is 3.33. The van der Waals surface area contributed by atoms with E-state index in [4.69, 9.17) is 5.73 Å². The van der Waals surface area contributed by atoms with Crippen molar-refractivity contribution < 1.29 is 0 Å². The minimum Gasteiger partial charge on any atom is -0.330 e. The van der Waals surface area contributed by atoms with E-state index in [0.717, 1.165) is 12.2 Å². The molecule has 1 aliphatic rings. The quantitative estimate of drug-likeness (QED) is 0.557. The molecule has 1 heterocycles. The van der Waals surface area contributed by atoms with Crippen molar-refractivity contribution in [2.45, 2.75) is 24.9 Å². The molecule has 2 N–H and O–H groups in total. The molecule has 9 heavy (non-hydrogen) atoms. The fourth-order valence-corrected chi connectivity index (χ4v) is 3.51. The van der Waals surface area contributed by atoms with Crippen molar-refractivity contribution in [1.82, 2.24) is 0 Å². The first-order chi connectivity index (χ1) is 4.34. The van der Waals surface area contributed by atoms with E-state index in [2.05, 4.69) is 6.66 Å². The molecule has 1 rings (SSSR count). The number of rotatable bonds is 1. The highest BCUT2D eigenvalue weighted by Gasteiger charge is 2.18. The zero-order valence-corrected chi connectivity index (χ0v) is 7.03. The van der Waals surface area contributed by atoms with Gasteiger partial charge in [-0.05, 0) is 37.9 Å². The van der Waals surface area contributed by atoms with Gasteiger partial charge in [-0.15, -0.1) is 7.92 Å². The molecule has 1 nitrogen and oxygen atoms in total. The third-order valence-corrected chi connectivity index (χ3v) is 4.93. The van der Waals surface area contributed by atoms with Gasteiger partial charge in [-0.3, -0.25) is 0 Å². The SMILES string of the molecule is CP1CCCCC1CN. The summed E-state index contributed by atoms with van der Waals surface area (Å²) < 4.78 is 0. The number of hydrogen-bond acceptors (Lipinski definition) is 1. The van der Waals surface area contributed by atoms with Crippen LogP contribution >= 0.6 is 7.92 Å². The van der Waals surface area contributed by atoms with Gasteiger partial charge >= 0.3 is 0 Å². The number of hydrogen-bond donors (Lipinski definition) is 1. The Hall–Kier alpha value is 0.390. The first-order valence-electron chi connectivity index (χ1n) is 3.75. The van der Waals surface area contributed by atoms with Gasteiger partial charge in [0.2, 0.25) is 0 Å². The first kappa shape index (κ1) is 7.50. The van der Waals surface area contributed by atoms with Crippen LogP contribution in [0.4, 0.5) is 0 Å². The second-order valence-electron chi connectivity index (χ2n) is 2.87. The van der Waals surface area contributed by atoms with E-state index in [9.17, 15) is 0 Å². The van der Waals surface area contributed by atoms with Crippen LogP contribution in [0.25, 0.3) is 0 Å². The Morgan fingerprint density at radius 1 is 1.56 bits per heavy atom. The summed E-state index contributed by atoms with van der Waals surface area (Å²) in [5.74, 6) is 0. The predicted molar refractivity (Wildman–Crippen MR) is 44.4 cm³/mol. The summed E-state index contributed by atoms with van der Waals surface area (Å²) in [6.07, 6.45) is 5.75. The Kier molecular flexibility index (Phi) is 2.94. The molecule has 0 amide bonds. The maximum absolute atomic E-state index is 5.61. The Balaban J connectivity index is 2.30. The Morgan fingerprint density at radius 3 is 2.78 bits per heavy atom. The first-order valence-corrected chi connectivity index (χ1v) is 5.79. The summed E-state index contributed by atoms with van der Waals surface area (Å²) in [4.78, 5) is 0. The lowest BCUT2D eigenvalue weighted by Gasteiger charge is -2.27. The molecule has 0 aromatic carbocycles. The van der Waals surface area contributed by atoms with Crippen molar-refractivity contribution in [2.75, 3.05) is 19.4 Å². The van der Waals surface area contributed by atoms with E-state index < -0.39 is 0 Å². The maximum Gasteiger partial charge on any atom is -0.000950 e. The van der Waals surface area contributed by atoms with E-state index in [-0.39, 0.29) is 0 Å². The van der Waals surface area contributed by atoms with Crippen LogP contribution in [0.15, 0.2) is 0 Å². The van der Waals surface area contributed by atoms with Crippen molar-refractivity contribution in [3.8, 4) is 0 Å². The van der Waals surface area contributed by atoms with E-state index in [1.807, 2.05) is 0 Å². The molecule has 1 fully saturated rings. The van der Waals surface area contributed by atoms with Gasteiger partial charge in [0.15, 0.2) is 0 Å². The van der Waals surface area contributed by atoms with E-state index in [1.165, 1.54) is 25.4 Å². The molecule has 54 valence electrons. The molecule has 1 aliphatic heterocycles. The highest BCUT2D eigenvalue weighted by Crippen LogP contribution is 2.43. The Morgan fingerprint density at radius 2 is 2.33 bits per heavy atom. The van der Waals surface area contributed by atoms with Crippen LogP contribution in [-0.4, -0.2) is 25.0 Å². The predicted octanol–water partition coefficient (Wildman–Crippen LogP) is 1.61. The van der Waals surface area contributed by atoms with E-state index in [1.54, 1.807) is 0 Å². The van der Waals surface area contributed by atoms with Crippen LogP contribution in [-0.2, 0) is 0 Å². The van der Waals surface area contributed by atoms with Crippen molar-refractivity contribution in [3.05, 3.63) is 0 Å². The van der Waals surface area contributed by atoms with E-state index >= 15 is 0 Å². The fraction of sp³-hybridized carbons (Fsp3) is 1.00. The summed E-state index contributed by atoms with van der Waals surface area (Å²) in [5, 5.41) is 0. The van der Waals surface area contributed by atoms with Crippen molar-refractivity contribution in [3.63, 3.8) is 0 Å². The van der Waals surface area contributed by atoms with Crippen molar-refractivity contribution in [2.24, 2.45) is 5.73 Å². The van der Waals surface area contributed by atoms with Crippen LogP contribution in [0.1, 0.15) is 19.3 Å². The summed E-state index contributed by atoms with van der Waals surface area (Å²) in [6, 6.07) is 0. The lowest BCUT2D eigenvalue weighted by atomic mass is 10.2. The summed E-state index contributed by atoms with van der Waals surface area (Å²) in [5.41, 5.74) is 6.51. The highest BCUT2D eigenvalue weighted by atomic mass is 31.1. The van der Waals surface area contributed by atoms with Gasteiger partial charge in [-0.1, -0.05) is 6.42 Å². The topological polar surface area (TPSA) is 26.0 Å². The normalized spacial score (nSPS) is 36.7. The zero-order chi connectivity index (χ0) is 6.69. The van der Waals surface area contributed by atoms with E-state index in [0.29, 0.717) is 7.92 Å². The minimum atomic E-state index is 0.320. The minimum absolute atomic E-state index is 0.320. The third kappa shape index (κ3) is 1.91. The second kappa shape index (κ2) is 3.53. The van der Waals surface area contributed by atoms with Crippen LogP contribution in [0.3, 0.4) is 0 Å². The molecule has 2 heteroatoms. The van der Waals surface area contributed by atoms with Gasteiger partial charge in [-0.2, -0.15) is 0 Å². The second-order valence-corrected chi connectivity index (χ2v) is 5.56. The Labute approximate surface area is 58.8 Å². The molecule has 0 aliphatic carbocycles. The maximum atomic E-state index is 5.61. The smallest absolute Gasteiger partial charge is 0.000950 e. The summed E-state index contributed by atoms with van der Waals surface area (Å²) in [7, 11) is 0.320. The molecule has 0 saturated carbocycles. The average molecular weight is 145 g/mol. The largest absolute Gasteiger partial charge is 0.330 e. The van der Waals surface area contributed by atoms with Crippen LogP contribution in [0, 0.1) is 0 Å². The highest BCUT2D eigenvalue weighted by molar-refractivity contribution is 7.57. The van der Waals surface area contributed by atoms with Gasteiger partial charge in [0.05, 0.1) is 0 Å². The fourth-order valence-electron chi connectivity index (χ4n) is 1.44. The van der Waals surface area contributed by atoms with Gasteiger partial charge in [-0.25, -0.2) is 0 Å². The standard InChI is InChI=1S/C7H16NP/c1-9-5-3-2-4-7(9)6-8/h7H,2-6,8H2,1H3. The molecule has 0 bridgehead atoms. The summed E-state index contributed by atoms with van der Waals surface area (Å²) >= 11 is 0. The van der Waals surface area contributed by atoms with Crippen molar-refractivity contribution >= 4 is 7.92 Å². The molecule has 0 aromatic heterocycles. The van der Waals surface area contributed by atoms with Gasteiger partial charge in [0.25, 0.3) is 0 Å². The average Bonchev–Trinajstić information content (AvgIpc) is 1.89. The lowest BCUT2D eigenvalue weighted by molar-refractivity contribution is 0.655. The lowest BCUT2D eigenvalue weighted by Crippen LogP contribution is -2.22. The van der Waals surface area contributed by atoms with Crippen LogP contribution in [0.2, 0.25) is 0 Å². The van der Waals surface area contributed by atoms with Gasteiger partial charge < -0.3 is 5.73 Å². The van der Waals surface area contributed by atoms with Gasteiger partial charge in [0.1, 0.15) is 0 Å². The van der Waals surface area contributed by atoms with Crippen LogP contribution in [0.5, 0.6) is 0 Å². The molecule has 0 radical (unpaired) electrons. The molecule has 0 spiro atoms. The molecular weight excluding hydrogens is 129 g/mol. The molecule has 2 unspecified atom stereocenters. The Bertz CT molecular complexity index is 85.0.